The predicted octanol–water partition coefficient (Wildman–Crippen LogP) is 2.34. The fraction of sp³-hybridized carbons (Fsp3) is 0.429. The van der Waals surface area contributed by atoms with Gasteiger partial charge in [0.25, 0.3) is 0 Å². The minimum Gasteiger partial charge on any atom is -0.384 e. The second kappa shape index (κ2) is 3.11. The molecule has 1 aromatic rings. The van der Waals surface area contributed by atoms with Crippen molar-refractivity contribution in [2.24, 2.45) is 0 Å². The van der Waals surface area contributed by atoms with Crippen molar-refractivity contribution >= 4 is 11.3 Å². The highest BCUT2D eigenvalue weighted by atomic mass is 15.0. The Hall–Kier alpha value is -1.28. The van der Waals surface area contributed by atoms with E-state index < -0.39 is 0 Å². The second-order valence-electron chi connectivity index (χ2n) is 5.04. The van der Waals surface area contributed by atoms with Gasteiger partial charge in [-0.2, -0.15) is 0 Å². The Kier molecular flexibility index (Phi) is 1.71. The van der Waals surface area contributed by atoms with E-state index in [1.54, 1.807) is 11.1 Å². The molecule has 82 valence electrons. The number of nitrogens with one attached hydrogen (secondary N) is 2. The molecule has 0 saturated carbocycles. The molecule has 0 aromatic heterocycles. The van der Waals surface area contributed by atoms with Gasteiger partial charge in [0, 0.05) is 24.2 Å². The third-order valence-electron chi connectivity index (χ3n) is 4.16. The zero-order valence-electron chi connectivity index (χ0n) is 9.29. The molecule has 0 fully saturated rings. The fourth-order valence-electron chi connectivity index (χ4n) is 3.48. The second-order valence-corrected chi connectivity index (χ2v) is 5.04. The van der Waals surface area contributed by atoms with Crippen LogP contribution in [0.25, 0.3) is 5.57 Å². The van der Waals surface area contributed by atoms with E-state index in [0.717, 1.165) is 19.0 Å². The van der Waals surface area contributed by atoms with Gasteiger partial charge in [0.15, 0.2) is 0 Å². The molecular formula is C14H16N2. The average Bonchev–Trinajstić information content (AvgIpc) is 2.75. The van der Waals surface area contributed by atoms with Gasteiger partial charge in [-0.25, -0.2) is 0 Å². The number of hydrogen-bond donors (Lipinski definition) is 2. The molecule has 0 spiro atoms. The summed E-state index contributed by atoms with van der Waals surface area (Å²) in [6, 6.07) is 7.29. The molecule has 2 nitrogen and oxygen atoms in total. The first kappa shape index (κ1) is 8.82. The molecule has 1 aromatic carbocycles. The van der Waals surface area contributed by atoms with Gasteiger partial charge in [0.05, 0.1) is 0 Å². The normalized spacial score (nSPS) is 30.1. The minimum absolute atomic E-state index is 0.599. The van der Waals surface area contributed by atoms with E-state index in [-0.39, 0.29) is 0 Å². The van der Waals surface area contributed by atoms with Crippen molar-refractivity contribution in [3.05, 3.63) is 35.4 Å². The maximum absolute atomic E-state index is 3.65. The van der Waals surface area contributed by atoms with E-state index in [2.05, 4.69) is 34.9 Å². The van der Waals surface area contributed by atoms with Gasteiger partial charge in [0.1, 0.15) is 0 Å². The molecule has 2 atom stereocenters. The lowest BCUT2D eigenvalue weighted by molar-refractivity contribution is 0.502. The van der Waals surface area contributed by atoms with Gasteiger partial charge in [-0.15, -0.1) is 0 Å². The zero-order chi connectivity index (χ0) is 10.5. The fourth-order valence-corrected chi connectivity index (χ4v) is 3.48. The first-order valence-electron chi connectivity index (χ1n) is 6.24. The van der Waals surface area contributed by atoms with Crippen molar-refractivity contribution in [3.8, 4) is 0 Å². The van der Waals surface area contributed by atoms with Gasteiger partial charge in [-0.05, 0) is 42.2 Å². The van der Waals surface area contributed by atoms with Gasteiger partial charge >= 0.3 is 0 Å². The molecule has 2 heterocycles. The monoisotopic (exact) mass is 212 g/mol. The van der Waals surface area contributed by atoms with Crippen LogP contribution in [0.5, 0.6) is 0 Å². The van der Waals surface area contributed by atoms with E-state index in [0.29, 0.717) is 6.04 Å². The van der Waals surface area contributed by atoms with Crippen LogP contribution in [0.2, 0.25) is 0 Å². The Bertz CT molecular complexity index is 476. The summed E-state index contributed by atoms with van der Waals surface area (Å²) in [4.78, 5) is 0. The van der Waals surface area contributed by atoms with Crippen molar-refractivity contribution in [2.45, 2.75) is 24.8 Å². The van der Waals surface area contributed by atoms with Crippen molar-refractivity contribution in [3.63, 3.8) is 0 Å². The highest BCUT2D eigenvalue weighted by Gasteiger charge is 2.35. The molecule has 0 radical (unpaired) electrons. The Morgan fingerprint density at radius 1 is 1.25 bits per heavy atom. The molecular weight excluding hydrogens is 196 g/mol. The van der Waals surface area contributed by atoms with Crippen LogP contribution in [0.1, 0.15) is 29.9 Å². The Morgan fingerprint density at radius 3 is 3.25 bits per heavy atom. The van der Waals surface area contributed by atoms with E-state index in [1.165, 1.54) is 24.1 Å². The van der Waals surface area contributed by atoms with E-state index in [1.807, 2.05) is 0 Å². The molecule has 3 aliphatic rings. The first-order chi connectivity index (χ1) is 7.93. The van der Waals surface area contributed by atoms with E-state index >= 15 is 0 Å². The van der Waals surface area contributed by atoms with Crippen LogP contribution in [-0.2, 0) is 0 Å². The van der Waals surface area contributed by atoms with Crippen LogP contribution in [0, 0.1) is 0 Å². The first-order valence-corrected chi connectivity index (χ1v) is 6.24. The van der Waals surface area contributed by atoms with Gasteiger partial charge in [-0.3, -0.25) is 0 Å². The molecule has 2 heteroatoms. The summed E-state index contributed by atoms with van der Waals surface area (Å²) in [6.45, 7) is 2.27. The predicted molar refractivity (Wildman–Crippen MR) is 66.7 cm³/mol. The maximum atomic E-state index is 3.65. The molecule has 2 N–H and O–H groups in total. The Labute approximate surface area is 95.7 Å². The summed E-state index contributed by atoms with van der Waals surface area (Å²) in [5.74, 6) is 0.721. The molecule has 0 amide bonds. The van der Waals surface area contributed by atoms with Crippen LogP contribution >= 0.6 is 0 Å². The van der Waals surface area contributed by atoms with E-state index in [9.17, 15) is 0 Å². The highest BCUT2D eigenvalue weighted by Crippen LogP contribution is 2.46. The third-order valence-corrected chi connectivity index (χ3v) is 4.16. The molecule has 1 unspecified atom stereocenters. The molecule has 0 bridgehead atoms. The van der Waals surface area contributed by atoms with Gasteiger partial charge in [-0.1, -0.05) is 18.2 Å². The molecule has 1 aliphatic carbocycles. The average molecular weight is 212 g/mol. The summed E-state index contributed by atoms with van der Waals surface area (Å²) < 4.78 is 0. The lowest BCUT2D eigenvalue weighted by Crippen LogP contribution is -2.38. The Morgan fingerprint density at radius 2 is 2.25 bits per heavy atom. The zero-order valence-corrected chi connectivity index (χ0v) is 9.29. The van der Waals surface area contributed by atoms with E-state index in [4.69, 9.17) is 0 Å². The number of rotatable bonds is 0. The number of anilines is 1. The third kappa shape index (κ3) is 1.05. The van der Waals surface area contributed by atoms with Crippen molar-refractivity contribution in [2.75, 3.05) is 18.4 Å². The quantitative estimate of drug-likeness (QED) is 0.689. The summed E-state index contributed by atoms with van der Waals surface area (Å²) in [6.07, 6.45) is 4.88. The summed E-state index contributed by atoms with van der Waals surface area (Å²) in [7, 11) is 0. The highest BCUT2D eigenvalue weighted by molar-refractivity contribution is 5.81. The van der Waals surface area contributed by atoms with Gasteiger partial charge in [0.2, 0.25) is 0 Å². The number of benzene rings is 1. The SMILES string of the molecule is C1=C2c3cccc4c3C(CN4)C[C@H]2NCC1. The van der Waals surface area contributed by atoms with Crippen molar-refractivity contribution in [1.29, 1.82) is 0 Å². The maximum Gasteiger partial charge on any atom is 0.0382 e. The van der Waals surface area contributed by atoms with Crippen LogP contribution in [-0.4, -0.2) is 19.1 Å². The summed E-state index contributed by atoms with van der Waals surface area (Å²) in [5, 5.41) is 7.19. The topological polar surface area (TPSA) is 24.1 Å². The van der Waals surface area contributed by atoms with Crippen LogP contribution in [0.15, 0.2) is 24.3 Å². The van der Waals surface area contributed by atoms with Crippen LogP contribution < -0.4 is 10.6 Å². The van der Waals surface area contributed by atoms with Gasteiger partial charge < -0.3 is 10.6 Å². The van der Waals surface area contributed by atoms with Crippen molar-refractivity contribution in [1.82, 2.24) is 5.32 Å². The largest absolute Gasteiger partial charge is 0.384 e. The molecule has 16 heavy (non-hydrogen) atoms. The van der Waals surface area contributed by atoms with Crippen LogP contribution in [0.4, 0.5) is 5.69 Å². The number of hydrogen-bond acceptors (Lipinski definition) is 2. The molecule has 0 saturated heterocycles. The number of fused-ring (bicyclic) bond motifs is 2. The molecule has 2 aliphatic heterocycles. The van der Waals surface area contributed by atoms with Crippen LogP contribution in [0.3, 0.4) is 0 Å². The Balaban J connectivity index is 1.95. The van der Waals surface area contributed by atoms with Crippen molar-refractivity contribution < 1.29 is 0 Å². The smallest absolute Gasteiger partial charge is 0.0382 e. The lowest BCUT2D eigenvalue weighted by Gasteiger charge is -2.34. The lowest BCUT2D eigenvalue weighted by atomic mass is 9.76. The summed E-state index contributed by atoms with van der Waals surface area (Å²) >= 11 is 0. The summed E-state index contributed by atoms with van der Waals surface area (Å²) in [5.41, 5.74) is 5.99. The minimum atomic E-state index is 0.599. The standard InChI is InChI=1S/C14H16N2/c1-3-11-10-4-2-6-15-13(10)7-9-8-16-12(5-1)14(9)11/h1,3-5,9,13,15-16H,2,6-8H2/t9?,13-/m1/s1. The molecule has 4 rings (SSSR count).